The van der Waals surface area contributed by atoms with Gasteiger partial charge in [0.05, 0.1) is 7.11 Å². The quantitative estimate of drug-likeness (QED) is 0.310. The third-order valence-electron chi connectivity index (χ3n) is 5.62. The van der Waals surface area contributed by atoms with Gasteiger partial charge in [0.15, 0.2) is 0 Å². The number of anilines is 1. The van der Waals surface area contributed by atoms with Crippen LogP contribution in [-0.2, 0) is 22.4 Å². The van der Waals surface area contributed by atoms with Gasteiger partial charge in [-0.25, -0.2) is 9.97 Å². The molecule has 0 aliphatic heterocycles. The summed E-state index contributed by atoms with van der Waals surface area (Å²) < 4.78 is 12.5. The van der Waals surface area contributed by atoms with Gasteiger partial charge in [0.1, 0.15) is 23.9 Å². The largest absolute Gasteiger partial charge is 0.497 e. The van der Waals surface area contributed by atoms with Crippen molar-refractivity contribution in [3.8, 4) is 11.7 Å². The molecule has 0 radical (unpaired) electrons. The molecule has 0 saturated carbocycles. The van der Waals surface area contributed by atoms with Gasteiger partial charge < -0.3 is 20.1 Å². The number of ether oxygens (including phenoxy) is 2. The van der Waals surface area contributed by atoms with Gasteiger partial charge in [0.25, 0.3) is 0 Å². The number of aromatic nitrogens is 4. The third-order valence-corrected chi connectivity index (χ3v) is 5.62. The van der Waals surface area contributed by atoms with Gasteiger partial charge in [0.2, 0.25) is 11.9 Å². The van der Waals surface area contributed by atoms with E-state index in [4.69, 9.17) is 14.5 Å². The van der Waals surface area contributed by atoms with E-state index in [0.29, 0.717) is 50.3 Å². The van der Waals surface area contributed by atoms with E-state index in [1.165, 1.54) is 0 Å². The van der Waals surface area contributed by atoms with Gasteiger partial charge in [-0.15, -0.1) is 0 Å². The van der Waals surface area contributed by atoms with Crippen molar-refractivity contribution in [1.29, 1.82) is 0 Å². The average molecular weight is 495 g/mol. The fourth-order valence-electron chi connectivity index (χ4n) is 3.81. The number of methoxy groups -OCH3 is 1. The molecule has 2 aromatic heterocycles. The van der Waals surface area contributed by atoms with Crippen molar-refractivity contribution in [3.05, 3.63) is 60.3 Å². The van der Waals surface area contributed by atoms with Crippen LogP contribution in [0.2, 0.25) is 0 Å². The molecule has 0 aliphatic rings. The summed E-state index contributed by atoms with van der Waals surface area (Å²) in [6.45, 7) is 8.06. The predicted molar refractivity (Wildman–Crippen MR) is 141 cm³/mol. The number of nitrogens with zero attached hydrogens (tertiary/aromatic N) is 4. The Hall–Kier alpha value is -3.46. The number of carbonyl (C=O) groups is 1. The molecule has 1 unspecified atom stereocenters. The maximum absolute atomic E-state index is 13.0. The third kappa shape index (κ3) is 8.64. The molecule has 0 spiro atoms. The number of benzene rings is 1. The highest BCUT2D eigenvalue weighted by Crippen LogP contribution is 2.18. The molecule has 3 rings (SSSR count). The number of carbonyl (C=O) groups excluding carboxylic acids is 1. The van der Waals surface area contributed by atoms with E-state index in [-0.39, 0.29) is 5.91 Å². The molecule has 0 fully saturated rings. The number of amides is 1. The van der Waals surface area contributed by atoms with Crippen molar-refractivity contribution >= 4 is 11.7 Å². The molecular weight excluding hydrogens is 456 g/mol. The molecule has 1 aromatic carbocycles. The minimum Gasteiger partial charge on any atom is -0.497 e. The highest BCUT2D eigenvalue weighted by molar-refractivity contribution is 5.84. The molecule has 2 heterocycles. The molecule has 1 atom stereocenters. The van der Waals surface area contributed by atoms with Crippen LogP contribution in [0.1, 0.15) is 44.9 Å². The molecule has 36 heavy (non-hydrogen) atoms. The number of rotatable bonds is 15. The first-order valence-electron chi connectivity index (χ1n) is 12.6. The monoisotopic (exact) mass is 494 g/mol. The molecule has 1 amide bonds. The molecule has 9 heteroatoms. The summed E-state index contributed by atoms with van der Waals surface area (Å²) in [4.78, 5) is 26.6. The molecule has 0 bridgehead atoms. The first-order valence-corrected chi connectivity index (χ1v) is 12.6. The summed E-state index contributed by atoms with van der Waals surface area (Å²) in [7, 11) is 1.67. The Morgan fingerprint density at radius 3 is 2.75 bits per heavy atom. The number of aryl methyl sites for hydroxylation is 2. The van der Waals surface area contributed by atoms with Crippen molar-refractivity contribution in [3.63, 3.8) is 0 Å². The topological polar surface area (TPSA) is 103 Å². The standard InChI is InChI=1S/C27H38N6O3/c1-5-36-15-7-12-29-26(34)24(16-20(2)3)31-25-18-22(30-27(32-25)33-14-13-28-19-33)11-10-21-8-6-9-23(17-21)35-4/h6,8-9,13-14,17-20,24H,5,7,10-12,15-16H2,1-4H3,(H,29,34)(H,30,31,32). The predicted octanol–water partition coefficient (Wildman–Crippen LogP) is 3.83. The lowest BCUT2D eigenvalue weighted by Gasteiger charge is -2.21. The van der Waals surface area contributed by atoms with E-state index < -0.39 is 6.04 Å². The van der Waals surface area contributed by atoms with Crippen LogP contribution in [0.15, 0.2) is 49.1 Å². The Kier molecular flexibility index (Phi) is 10.7. The van der Waals surface area contributed by atoms with Crippen LogP contribution in [0.25, 0.3) is 5.95 Å². The first kappa shape index (κ1) is 27.1. The van der Waals surface area contributed by atoms with E-state index in [1.807, 2.05) is 37.4 Å². The zero-order valence-electron chi connectivity index (χ0n) is 21.7. The fourth-order valence-corrected chi connectivity index (χ4v) is 3.81. The highest BCUT2D eigenvalue weighted by Gasteiger charge is 2.21. The summed E-state index contributed by atoms with van der Waals surface area (Å²) in [6.07, 6.45) is 8.14. The smallest absolute Gasteiger partial charge is 0.242 e. The first-order chi connectivity index (χ1) is 17.5. The van der Waals surface area contributed by atoms with Crippen molar-refractivity contribution in [2.45, 2.75) is 52.5 Å². The van der Waals surface area contributed by atoms with Crippen LogP contribution in [0.3, 0.4) is 0 Å². The SMILES string of the molecule is CCOCCCNC(=O)C(CC(C)C)Nc1cc(CCc2cccc(OC)c2)nc(-n2ccnc2)n1. The summed E-state index contributed by atoms with van der Waals surface area (Å²) >= 11 is 0. The summed E-state index contributed by atoms with van der Waals surface area (Å²) in [5, 5.41) is 6.40. The van der Waals surface area contributed by atoms with Crippen molar-refractivity contribution in [1.82, 2.24) is 24.8 Å². The second-order valence-corrected chi connectivity index (χ2v) is 9.03. The summed E-state index contributed by atoms with van der Waals surface area (Å²) in [5.41, 5.74) is 2.04. The van der Waals surface area contributed by atoms with Gasteiger partial charge in [-0.2, -0.15) is 4.98 Å². The lowest BCUT2D eigenvalue weighted by Crippen LogP contribution is -2.41. The lowest BCUT2D eigenvalue weighted by molar-refractivity contribution is -0.122. The van der Waals surface area contributed by atoms with Crippen LogP contribution in [0.4, 0.5) is 5.82 Å². The minimum absolute atomic E-state index is 0.0408. The van der Waals surface area contributed by atoms with E-state index in [1.54, 1.807) is 24.2 Å². The maximum atomic E-state index is 13.0. The van der Waals surface area contributed by atoms with Crippen molar-refractivity contribution in [2.24, 2.45) is 5.92 Å². The van der Waals surface area contributed by atoms with Crippen molar-refractivity contribution < 1.29 is 14.3 Å². The molecule has 3 aromatic rings. The van der Waals surface area contributed by atoms with Gasteiger partial charge in [-0.1, -0.05) is 26.0 Å². The Balaban J connectivity index is 1.77. The number of imidazole rings is 1. The van der Waals surface area contributed by atoms with Gasteiger partial charge in [-0.05, 0) is 56.2 Å². The summed E-state index contributed by atoms with van der Waals surface area (Å²) in [6, 6.07) is 9.55. The molecule has 9 nitrogen and oxygen atoms in total. The molecule has 2 N–H and O–H groups in total. The average Bonchev–Trinajstić information content (AvgIpc) is 3.42. The van der Waals surface area contributed by atoms with Gasteiger partial charge >= 0.3 is 0 Å². The number of hydrogen-bond acceptors (Lipinski definition) is 7. The molecule has 194 valence electrons. The van der Waals surface area contributed by atoms with Crippen LogP contribution in [0, 0.1) is 5.92 Å². The van der Waals surface area contributed by atoms with E-state index in [9.17, 15) is 4.79 Å². The second-order valence-electron chi connectivity index (χ2n) is 9.03. The zero-order chi connectivity index (χ0) is 25.8. The molecule has 0 saturated heterocycles. The van der Waals surface area contributed by atoms with E-state index in [2.05, 4.69) is 40.5 Å². The van der Waals surface area contributed by atoms with E-state index >= 15 is 0 Å². The Morgan fingerprint density at radius 2 is 2.03 bits per heavy atom. The van der Waals surface area contributed by atoms with Crippen LogP contribution in [0.5, 0.6) is 5.75 Å². The highest BCUT2D eigenvalue weighted by atomic mass is 16.5. The number of nitrogens with one attached hydrogen (secondary N) is 2. The van der Waals surface area contributed by atoms with Gasteiger partial charge in [0, 0.05) is 43.9 Å². The van der Waals surface area contributed by atoms with Crippen LogP contribution < -0.4 is 15.4 Å². The fraction of sp³-hybridized carbons (Fsp3) is 0.481. The minimum atomic E-state index is -0.408. The maximum Gasteiger partial charge on any atom is 0.242 e. The lowest BCUT2D eigenvalue weighted by atomic mass is 10.0. The summed E-state index contributed by atoms with van der Waals surface area (Å²) in [5.74, 6) is 2.25. The molecule has 0 aliphatic carbocycles. The second kappa shape index (κ2) is 14.2. The Bertz CT molecular complexity index is 1070. The Morgan fingerprint density at radius 1 is 1.17 bits per heavy atom. The number of hydrogen-bond donors (Lipinski definition) is 2. The Labute approximate surface area is 213 Å². The normalized spacial score (nSPS) is 11.9. The zero-order valence-corrected chi connectivity index (χ0v) is 21.7. The van der Waals surface area contributed by atoms with Crippen molar-refractivity contribution in [2.75, 3.05) is 32.2 Å². The van der Waals surface area contributed by atoms with Crippen LogP contribution >= 0.6 is 0 Å². The molecular formula is C27H38N6O3. The van der Waals surface area contributed by atoms with Crippen LogP contribution in [-0.4, -0.2) is 58.3 Å². The van der Waals surface area contributed by atoms with E-state index in [0.717, 1.165) is 29.8 Å². The van der Waals surface area contributed by atoms with Gasteiger partial charge in [-0.3, -0.25) is 9.36 Å².